The third-order valence-electron chi connectivity index (χ3n) is 4.47. The summed E-state index contributed by atoms with van der Waals surface area (Å²) >= 11 is 0. The van der Waals surface area contributed by atoms with Crippen LogP contribution in [0.1, 0.15) is 29.2 Å². The van der Waals surface area contributed by atoms with Crippen LogP contribution >= 0.6 is 0 Å². The molecule has 0 aliphatic heterocycles. The minimum absolute atomic E-state index is 1.10. The second kappa shape index (κ2) is 7.28. The van der Waals surface area contributed by atoms with Crippen LogP contribution < -0.4 is 0 Å². The van der Waals surface area contributed by atoms with Crippen LogP contribution in [0.4, 0.5) is 0 Å². The molecule has 0 aromatic heterocycles. The molecule has 3 aromatic rings. The number of hydrogen-bond acceptors (Lipinski definition) is 0. The van der Waals surface area contributed by atoms with Gasteiger partial charge in [0.15, 0.2) is 0 Å². The van der Waals surface area contributed by atoms with E-state index in [2.05, 4.69) is 86.6 Å². The summed E-state index contributed by atoms with van der Waals surface area (Å²) in [5, 5.41) is 0. The molecule has 0 nitrogen and oxygen atoms in total. The summed E-state index contributed by atoms with van der Waals surface area (Å²) in [6, 6.07) is 26.8. The highest BCUT2D eigenvalue weighted by Crippen LogP contribution is 2.21. The molecule has 116 valence electrons. The second-order valence-electron chi connectivity index (χ2n) is 6.23. The zero-order chi connectivity index (χ0) is 16.1. The maximum Gasteiger partial charge on any atom is -0.0184 e. The van der Waals surface area contributed by atoms with Crippen molar-refractivity contribution in [2.24, 2.45) is 0 Å². The zero-order valence-corrected chi connectivity index (χ0v) is 14.0. The molecule has 3 aromatic carbocycles. The molecule has 0 saturated carbocycles. The molecular weight excluding hydrogens is 276 g/mol. The Hall–Kier alpha value is -2.34. The average Bonchev–Trinajstić information content (AvgIpc) is 2.62. The van der Waals surface area contributed by atoms with E-state index in [0.717, 1.165) is 19.3 Å². The third-order valence-corrected chi connectivity index (χ3v) is 4.47. The molecule has 0 atom stereocenters. The fraction of sp³-hybridized carbons (Fsp3) is 0.217. The standard InChI is InChI=1S/C23H24/c1-3-19-10-14-22(15-11-19)23-16-12-21(13-17-23)9-8-20-6-4-18(2)5-7-20/h4-7,10-17H,3,8-9H2,1-2H3. The number of benzene rings is 3. The van der Waals surface area contributed by atoms with Crippen molar-refractivity contribution in [3.63, 3.8) is 0 Å². The quantitative estimate of drug-likeness (QED) is 0.541. The second-order valence-corrected chi connectivity index (χ2v) is 6.23. The molecule has 0 unspecified atom stereocenters. The lowest BCUT2D eigenvalue weighted by Crippen LogP contribution is -1.91. The van der Waals surface area contributed by atoms with Gasteiger partial charge in [0, 0.05) is 0 Å². The Kier molecular flexibility index (Phi) is 4.92. The first-order valence-electron chi connectivity index (χ1n) is 8.48. The van der Waals surface area contributed by atoms with Gasteiger partial charge in [0.1, 0.15) is 0 Å². The molecule has 0 radical (unpaired) electrons. The van der Waals surface area contributed by atoms with Gasteiger partial charge in [0.25, 0.3) is 0 Å². The third kappa shape index (κ3) is 4.10. The Labute approximate surface area is 139 Å². The first-order chi connectivity index (χ1) is 11.2. The molecule has 0 aliphatic rings. The van der Waals surface area contributed by atoms with E-state index in [4.69, 9.17) is 0 Å². The molecule has 0 fully saturated rings. The Morgan fingerprint density at radius 3 is 1.35 bits per heavy atom. The monoisotopic (exact) mass is 300 g/mol. The maximum atomic E-state index is 2.26. The van der Waals surface area contributed by atoms with Crippen LogP contribution in [-0.2, 0) is 19.3 Å². The number of aryl methyl sites for hydroxylation is 4. The van der Waals surface area contributed by atoms with E-state index in [-0.39, 0.29) is 0 Å². The van der Waals surface area contributed by atoms with Crippen molar-refractivity contribution < 1.29 is 0 Å². The Morgan fingerprint density at radius 1 is 0.522 bits per heavy atom. The molecule has 0 heteroatoms. The van der Waals surface area contributed by atoms with Crippen LogP contribution in [0.15, 0.2) is 72.8 Å². The first kappa shape index (κ1) is 15.6. The van der Waals surface area contributed by atoms with E-state index >= 15 is 0 Å². The minimum atomic E-state index is 1.10. The summed E-state index contributed by atoms with van der Waals surface area (Å²) in [4.78, 5) is 0. The van der Waals surface area contributed by atoms with Gasteiger partial charge in [-0.25, -0.2) is 0 Å². The van der Waals surface area contributed by atoms with Gasteiger partial charge >= 0.3 is 0 Å². The minimum Gasteiger partial charge on any atom is -0.0613 e. The molecule has 0 amide bonds. The highest BCUT2D eigenvalue weighted by atomic mass is 14.0. The summed E-state index contributed by atoms with van der Waals surface area (Å²) in [5.41, 5.74) is 8.13. The van der Waals surface area contributed by atoms with Crippen molar-refractivity contribution in [3.05, 3.63) is 95.1 Å². The van der Waals surface area contributed by atoms with Crippen molar-refractivity contribution in [1.29, 1.82) is 0 Å². The van der Waals surface area contributed by atoms with Gasteiger partial charge in [0.2, 0.25) is 0 Å². The molecule has 23 heavy (non-hydrogen) atoms. The predicted octanol–water partition coefficient (Wildman–Crippen LogP) is 6.01. The van der Waals surface area contributed by atoms with Crippen LogP contribution in [-0.4, -0.2) is 0 Å². The van der Waals surface area contributed by atoms with Gasteiger partial charge in [0.05, 0.1) is 0 Å². The van der Waals surface area contributed by atoms with Crippen molar-refractivity contribution in [3.8, 4) is 11.1 Å². The van der Waals surface area contributed by atoms with E-state index in [1.165, 1.54) is 33.4 Å². The van der Waals surface area contributed by atoms with Gasteiger partial charge in [-0.1, -0.05) is 85.3 Å². The van der Waals surface area contributed by atoms with Crippen LogP contribution in [0, 0.1) is 6.92 Å². The van der Waals surface area contributed by atoms with Gasteiger partial charge in [-0.15, -0.1) is 0 Å². The summed E-state index contributed by atoms with van der Waals surface area (Å²) in [5.74, 6) is 0. The van der Waals surface area contributed by atoms with E-state index in [0.29, 0.717) is 0 Å². The summed E-state index contributed by atoms with van der Waals surface area (Å²) in [7, 11) is 0. The zero-order valence-electron chi connectivity index (χ0n) is 14.0. The summed E-state index contributed by atoms with van der Waals surface area (Å²) in [6.45, 7) is 4.33. The van der Waals surface area contributed by atoms with Crippen molar-refractivity contribution in [2.45, 2.75) is 33.1 Å². The Balaban J connectivity index is 1.65. The topological polar surface area (TPSA) is 0 Å². The molecule has 0 spiro atoms. The molecule has 0 saturated heterocycles. The van der Waals surface area contributed by atoms with E-state index in [1.807, 2.05) is 0 Å². The predicted molar refractivity (Wildman–Crippen MR) is 99.8 cm³/mol. The lowest BCUT2D eigenvalue weighted by atomic mass is 9.99. The molecule has 3 rings (SSSR count). The van der Waals surface area contributed by atoms with Gasteiger partial charge in [-0.05, 0) is 54.0 Å². The Bertz CT molecular complexity index is 732. The smallest absolute Gasteiger partial charge is 0.0184 e. The molecular formula is C23H24. The normalized spacial score (nSPS) is 10.7. The van der Waals surface area contributed by atoms with Gasteiger partial charge < -0.3 is 0 Å². The molecule has 0 N–H and O–H groups in total. The summed E-state index contributed by atoms with van der Waals surface area (Å²) < 4.78 is 0. The molecule has 0 aliphatic carbocycles. The SMILES string of the molecule is CCc1ccc(-c2ccc(CCc3ccc(C)cc3)cc2)cc1. The number of hydrogen-bond donors (Lipinski definition) is 0. The van der Waals surface area contributed by atoms with Gasteiger partial charge in [-0.3, -0.25) is 0 Å². The van der Waals surface area contributed by atoms with Crippen LogP contribution in [0.3, 0.4) is 0 Å². The lowest BCUT2D eigenvalue weighted by molar-refractivity contribution is 0.959. The lowest BCUT2D eigenvalue weighted by Gasteiger charge is -2.06. The maximum absolute atomic E-state index is 2.26. The van der Waals surface area contributed by atoms with Crippen molar-refractivity contribution in [2.75, 3.05) is 0 Å². The largest absolute Gasteiger partial charge is 0.0613 e. The van der Waals surface area contributed by atoms with Crippen LogP contribution in [0.25, 0.3) is 11.1 Å². The molecule has 0 heterocycles. The first-order valence-corrected chi connectivity index (χ1v) is 8.48. The Morgan fingerprint density at radius 2 is 0.913 bits per heavy atom. The average molecular weight is 300 g/mol. The van der Waals surface area contributed by atoms with E-state index in [1.54, 1.807) is 0 Å². The fourth-order valence-electron chi connectivity index (χ4n) is 2.84. The van der Waals surface area contributed by atoms with Crippen LogP contribution in [0.2, 0.25) is 0 Å². The number of rotatable bonds is 5. The van der Waals surface area contributed by atoms with Crippen molar-refractivity contribution in [1.82, 2.24) is 0 Å². The van der Waals surface area contributed by atoms with Crippen LogP contribution in [0.5, 0.6) is 0 Å². The van der Waals surface area contributed by atoms with E-state index in [9.17, 15) is 0 Å². The van der Waals surface area contributed by atoms with Crippen molar-refractivity contribution >= 4 is 0 Å². The highest BCUT2D eigenvalue weighted by Gasteiger charge is 2.00. The highest BCUT2D eigenvalue weighted by molar-refractivity contribution is 5.64. The summed E-state index contributed by atoms with van der Waals surface area (Å²) in [6.07, 6.45) is 3.29. The van der Waals surface area contributed by atoms with E-state index < -0.39 is 0 Å². The van der Waals surface area contributed by atoms with Gasteiger partial charge in [-0.2, -0.15) is 0 Å². The fourth-order valence-corrected chi connectivity index (χ4v) is 2.84. The molecule has 0 bridgehead atoms.